The Morgan fingerprint density at radius 2 is 1.71 bits per heavy atom. The van der Waals surface area contributed by atoms with E-state index in [0.29, 0.717) is 0 Å². The topological polar surface area (TPSA) is 66.4 Å². The predicted octanol–water partition coefficient (Wildman–Crippen LogP) is 1.84. The molecular weight excluding hydrogens is 218 g/mol. The summed E-state index contributed by atoms with van der Waals surface area (Å²) >= 11 is 0. The molecule has 0 heterocycles. The molecule has 0 aliphatic heterocycles. The van der Waals surface area contributed by atoms with E-state index < -0.39 is 5.97 Å². The summed E-state index contributed by atoms with van der Waals surface area (Å²) in [6.45, 7) is 5.75. The SMILES string of the molecule is CC(C)(C)NC(=O)Cc1ccc(C(=O)O)cc1. The number of rotatable bonds is 3. The molecule has 0 saturated heterocycles. The molecule has 17 heavy (non-hydrogen) atoms. The average molecular weight is 235 g/mol. The summed E-state index contributed by atoms with van der Waals surface area (Å²) in [5, 5.41) is 11.6. The minimum Gasteiger partial charge on any atom is -0.478 e. The van der Waals surface area contributed by atoms with Gasteiger partial charge in [0.1, 0.15) is 0 Å². The third-order valence-corrected chi connectivity index (χ3v) is 2.08. The Balaban J connectivity index is 2.64. The summed E-state index contributed by atoms with van der Waals surface area (Å²) in [4.78, 5) is 22.3. The van der Waals surface area contributed by atoms with E-state index in [0.717, 1.165) is 5.56 Å². The summed E-state index contributed by atoms with van der Waals surface area (Å²) in [7, 11) is 0. The second-order valence-electron chi connectivity index (χ2n) is 4.98. The molecule has 4 nitrogen and oxygen atoms in total. The molecule has 0 spiro atoms. The van der Waals surface area contributed by atoms with E-state index in [4.69, 9.17) is 5.11 Å². The molecule has 92 valence electrons. The zero-order valence-corrected chi connectivity index (χ0v) is 10.3. The summed E-state index contributed by atoms with van der Waals surface area (Å²) in [6, 6.07) is 6.32. The van der Waals surface area contributed by atoms with Gasteiger partial charge in [0, 0.05) is 5.54 Å². The lowest BCUT2D eigenvalue weighted by Crippen LogP contribution is -2.41. The fourth-order valence-electron chi connectivity index (χ4n) is 1.41. The molecule has 0 saturated carbocycles. The zero-order chi connectivity index (χ0) is 13.1. The highest BCUT2D eigenvalue weighted by molar-refractivity contribution is 5.87. The molecule has 0 aliphatic carbocycles. The number of carbonyl (C=O) groups is 2. The van der Waals surface area contributed by atoms with Gasteiger partial charge in [-0.2, -0.15) is 0 Å². The molecule has 0 bridgehead atoms. The normalized spacial score (nSPS) is 11.0. The van der Waals surface area contributed by atoms with E-state index in [2.05, 4.69) is 5.32 Å². The van der Waals surface area contributed by atoms with E-state index in [1.54, 1.807) is 12.1 Å². The first kappa shape index (κ1) is 13.2. The predicted molar refractivity (Wildman–Crippen MR) is 65.0 cm³/mol. The molecule has 1 aromatic carbocycles. The zero-order valence-electron chi connectivity index (χ0n) is 10.3. The van der Waals surface area contributed by atoms with Crippen molar-refractivity contribution in [3.05, 3.63) is 35.4 Å². The van der Waals surface area contributed by atoms with Crippen LogP contribution in [0.5, 0.6) is 0 Å². The van der Waals surface area contributed by atoms with Crippen LogP contribution in [0.1, 0.15) is 36.7 Å². The molecular formula is C13H17NO3. The van der Waals surface area contributed by atoms with E-state index in [1.165, 1.54) is 12.1 Å². The first-order valence-electron chi connectivity index (χ1n) is 5.41. The van der Waals surface area contributed by atoms with Crippen molar-refractivity contribution in [1.29, 1.82) is 0 Å². The lowest BCUT2D eigenvalue weighted by Gasteiger charge is -2.20. The standard InChI is InChI=1S/C13H17NO3/c1-13(2,3)14-11(15)8-9-4-6-10(7-5-9)12(16)17/h4-7H,8H2,1-3H3,(H,14,15)(H,16,17). The molecule has 0 fully saturated rings. The van der Waals surface area contributed by atoms with Crippen LogP contribution in [0, 0.1) is 0 Å². The van der Waals surface area contributed by atoms with Crippen LogP contribution >= 0.6 is 0 Å². The van der Waals surface area contributed by atoms with Gasteiger partial charge in [-0.25, -0.2) is 4.79 Å². The Hall–Kier alpha value is -1.84. The maximum absolute atomic E-state index is 11.6. The van der Waals surface area contributed by atoms with Crippen LogP contribution in [0.25, 0.3) is 0 Å². The highest BCUT2D eigenvalue weighted by atomic mass is 16.4. The van der Waals surface area contributed by atoms with Crippen LogP contribution in [-0.2, 0) is 11.2 Å². The number of benzene rings is 1. The number of carboxylic acids is 1. The molecule has 0 aliphatic rings. The fraction of sp³-hybridized carbons (Fsp3) is 0.385. The van der Waals surface area contributed by atoms with Gasteiger partial charge in [-0.05, 0) is 38.5 Å². The van der Waals surface area contributed by atoms with Gasteiger partial charge >= 0.3 is 5.97 Å². The van der Waals surface area contributed by atoms with E-state index in [9.17, 15) is 9.59 Å². The van der Waals surface area contributed by atoms with Crippen LogP contribution in [0.3, 0.4) is 0 Å². The lowest BCUT2D eigenvalue weighted by atomic mass is 10.1. The number of nitrogens with one attached hydrogen (secondary N) is 1. The van der Waals surface area contributed by atoms with Crippen LogP contribution in [0.4, 0.5) is 0 Å². The molecule has 1 aromatic rings. The van der Waals surface area contributed by atoms with Crippen molar-refractivity contribution in [2.24, 2.45) is 0 Å². The summed E-state index contributed by atoms with van der Waals surface area (Å²) in [6.07, 6.45) is 0.261. The van der Waals surface area contributed by atoms with Crippen molar-refractivity contribution >= 4 is 11.9 Å². The lowest BCUT2D eigenvalue weighted by molar-refractivity contribution is -0.121. The summed E-state index contributed by atoms with van der Waals surface area (Å²) in [5.74, 6) is -1.03. The third-order valence-electron chi connectivity index (χ3n) is 2.08. The number of aromatic carboxylic acids is 1. The van der Waals surface area contributed by atoms with Crippen molar-refractivity contribution in [2.75, 3.05) is 0 Å². The Bertz CT molecular complexity index is 415. The quantitative estimate of drug-likeness (QED) is 0.840. The monoisotopic (exact) mass is 235 g/mol. The molecule has 0 atom stereocenters. The molecule has 0 unspecified atom stereocenters. The van der Waals surface area contributed by atoms with Crippen molar-refractivity contribution in [2.45, 2.75) is 32.7 Å². The van der Waals surface area contributed by atoms with Crippen molar-refractivity contribution in [3.8, 4) is 0 Å². The molecule has 1 amide bonds. The minimum atomic E-state index is -0.962. The second kappa shape index (κ2) is 4.99. The number of amides is 1. The van der Waals surface area contributed by atoms with Gasteiger partial charge in [-0.15, -0.1) is 0 Å². The first-order valence-corrected chi connectivity index (χ1v) is 5.41. The van der Waals surface area contributed by atoms with E-state index in [1.807, 2.05) is 20.8 Å². The Morgan fingerprint density at radius 1 is 1.18 bits per heavy atom. The van der Waals surface area contributed by atoms with Gasteiger partial charge in [-0.3, -0.25) is 4.79 Å². The number of carboxylic acid groups (broad SMARTS) is 1. The minimum absolute atomic E-state index is 0.0689. The average Bonchev–Trinajstić information content (AvgIpc) is 2.15. The van der Waals surface area contributed by atoms with Crippen molar-refractivity contribution in [1.82, 2.24) is 5.32 Å². The highest BCUT2D eigenvalue weighted by Crippen LogP contribution is 2.06. The van der Waals surface area contributed by atoms with Gasteiger partial charge in [-0.1, -0.05) is 12.1 Å². The number of hydrogen-bond donors (Lipinski definition) is 2. The van der Waals surface area contributed by atoms with Crippen LogP contribution in [0.2, 0.25) is 0 Å². The Morgan fingerprint density at radius 3 is 2.12 bits per heavy atom. The summed E-state index contributed by atoms with van der Waals surface area (Å²) in [5.41, 5.74) is 0.777. The smallest absolute Gasteiger partial charge is 0.335 e. The van der Waals surface area contributed by atoms with Crippen molar-refractivity contribution < 1.29 is 14.7 Å². The highest BCUT2D eigenvalue weighted by Gasteiger charge is 2.13. The second-order valence-corrected chi connectivity index (χ2v) is 4.98. The largest absolute Gasteiger partial charge is 0.478 e. The molecule has 1 rings (SSSR count). The molecule has 0 radical (unpaired) electrons. The third kappa shape index (κ3) is 4.68. The Kier molecular flexibility index (Phi) is 3.89. The van der Waals surface area contributed by atoms with Crippen LogP contribution in [0.15, 0.2) is 24.3 Å². The van der Waals surface area contributed by atoms with E-state index >= 15 is 0 Å². The van der Waals surface area contributed by atoms with Gasteiger partial charge in [0.05, 0.1) is 12.0 Å². The Labute approximate surface area is 101 Å². The molecule has 4 heteroatoms. The van der Waals surface area contributed by atoms with Gasteiger partial charge in [0.2, 0.25) is 5.91 Å². The van der Waals surface area contributed by atoms with Crippen LogP contribution < -0.4 is 5.32 Å². The first-order chi connectivity index (χ1) is 7.78. The van der Waals surface area contributed by atoms with Gasteiger partial charge < -0.3 is 10.4 Å². The molecule has 2 N–H and O–H groups in total. The van der Waals surface area contributed by atoms with Gasteiger partial charge in [0.15, 0.2) is 0 Å². The van der Waals surface area contributed by atoms with Gasteiger partial charge in [0.25, 0.3) is 0 Å². The maximum Gasteiger partial charge on any atom is 0.335 e. The summed E-state index contributed by atoms with van der Waals surface area (Å²) < 4.78 is 0. The van der Waals surface area contributed by atoms with E-state index in [-0.39, 0.29) is 23.4 Å². The maximum atomic E-state index is 11.6. The number of carbonyl (C=O) groups excluding carboxylic acids is 1. The molecule has 0 aromatic heterocycles. The van der Waals surface area contributed by atoms with Crippen LogP contribution in [-0.4, -0.2) is 22.5 Å². The number of hydrogen-bond acceptors (Lipinski definition) is 2. The van der Waals surface area contributed by atoms with Crippen molar-refractivity contribution in [3.63, 3.8) is 0 Å². The fourth-order valence-corrected chi connectivity index (χ4v) is 1.41.